The SMILES string of the molecule is C[C@H]1CN(C(=O)c2cc(=O)[nH]o2)Cc2nnc(C3CCOCC3)n21. The van der Waals surface area contributed by atoms with Crippen LogP contribution in [0.5, 0.6) is 0 Å². The summed E-state index contributed by atoms with van der Waals surface area (Å²) in [5, 5.41) is 10.8. The van der Waals surface area contributed by atoms with Crippen molar-refractivity contribution < 1.29 is 14.1 Å². The Morgan fingerprint density at radius 1 is 1.33 bits per heavy atom. The molecule has 1 N–H and O–H groups in total. The number of nitrogens with zero attached hydrogens (tertiary/aromatic N) is 4. The molecule has 1 amide bonds. The number of rotatable bonds is 2. The van der Waals surface area contributed by atoms with Gasteiger partial charge in [0.15, 0.2) is 5.82 Å². The fraction of sp³-hybridized carbons (Fsp3) is 0.600. The van der Waals surface area contributed by atoms with Crippen molar-refractivity contribution in [1.82, 2.24) is 24.8 Å². The molecule has 0 radical (unpaired) electrons. The first-order valence-electron chi connectivity index (χ1n) is 8.12. The topological polar surface area (TPSA) is 106 Å². The molecule has 2 aromatic rings. The molecule has 1 fully saturated rings. The van der Waals surface area contributed by atoms with Gasteiger partial charge in [-0.15, -0.1) is 10.2 Å². The first-order valence-corrected chi connectivity index (χ1v) is 8.12. The van der Waals surface area contributed by atoms with E-state index >= 15 is 0 Å². The molecule has 24 heavy (non-hydrogen) atoms. The molecule has 2 aliphatic heterocycles. The Labute approximate surface area is 137 Å². The lowest BCUT2D eigenvalue weighted by atomic mass is 9.99. The average molecular weight is 333 g/mol. The van der Waals surface area contributed by atoms with Gasteiger partial charge >= 0.3 is 0 Å². The van der Waals surface area contributed by atoms with Gasteiger partial charge in [-0.2, -0.15) is 5.16 Å². The van der Waals surface area contributed by atoms with Gasteiger partial charge in [0.25, 0.3) is 11.5 Å². The van der Waals surface area contributed by atoms with Crippen molar-refractivity contribution in [2.75, 3.05) is 19.8 Å². The minimum Gasteiger partial charge on any atom is -0.381 e. The number of amides is 1. The van der Waals surface area contributed by atoms with E-state index in [9.17, 15) is 9.59 Å². The lowest BCUT2D eigenvalue weighted by Crippen LogP contribution is -2.41. The fourth-order valence-electron chi connectivity index (χ4n) is 3.49. The Hall–Kier alpha value is -2.42. The lowest BCUT2D eigenvalue weighted by molar-refractivity contribution is 0.0629. The van der Waals surface area contributed by atoms with E-state index in [2.05, 4.69) is 19.9 Å². The predicted octanol–water partition coefficient (Wildman–Crippen LogP) is 0.670. The normalized spacial score (nSPS) is 21.7. The van der Waals surface area contributed by atoms with Gasteiger partial charge in [0.05, 0.1) is 18.7 Å². The summed E-state index contributed by atoms with van der Waals surface area (Å²) < 4.78 is 12.5. The summed E-state index contributed by atoms with van der Waals surface area (Å²) in [6, 6.07) is 1.23. The molecule has 0 aliphatic carbocycles. The molecular weight excluding hydrogens is 314 g/mol. The number of aromatic nitrogens is 4. The molecule has 4 heterocycles. The predicted molar refractivity (Wildman–Crippen MR) is 81.6 cm³/mol. The lowest BCUT2D eigenvalue weighted by Gasteiger charge is -2.33. The summed E-state index contributed by atoms with van der Waals surface area (Å²) >= 11 is 0. The summed E-state index contributed by atoms with van der Waals surface area (Å²) in [5.41, 5.74) is -0.423. The van der Waals surface area contributed by atoms with Crippen LogP contribution in [0.15, 0.2) is 15.4 Å². The number of H-pyrrole nitrogens is 1. The van der Waals surface area contributed by atoms with Crippen LogP contribution in [0.25, 0.3) is 0 Å². The molecule has 1 atom stereocenters. The van der Waals surface area contributed by atoms with Crippen LogP contribution in [-0.2, 0) is 11.3 Å². The van der Waals surface area contributed by atoms with Crippen molar-refractivity contribution in [3.8, 4) is 0 Å². The van der Waals surface area contributed by atoms with Crippen LogP contribution in [0.3, 0.4) is 0 Å². The largest absolute Gasteiger partial charge is 0.381 e. The summed E-state index contributed by atoms with van der Waals surface area (Å²) in [6.45, 7) is 4.42. The maximum atomic E-state index is 12.5. The quantitative estimate of drug-likeness (QED) is 0.866. The maximum Gasteiger partial charge on any atom is 0.292 e. The minimum absolute atomic E-state index is 0.0184. The zero-order chi connectivity index (χ0) is 16.7. The van der Waals surface area contributed by atoms with Crippen molar-refractivity contribution in [3.05, 3.63) is 33.8 Å². The molecule has 0 unspecified atom stereocenters. The fourth-order valence-corrected chi connectivity index (χ4v) is 3.49. The van der Waals surface area contributed by atoms with E-state index in [0.717, 1.165) is 37.7 Å². The highest BCUT2D eigenvalue weighted by atomic mass is 16.5. The van der Waals surface area contributed by atoms with Gasteiger partial charge in [0, 0.05) is 25.7 Å². The molecule has 1 saturated heterocycles. The van der Waals surface area contributed by atoms with Crippen LogP contribution >= 0.6 is 0 Å². The summed E-state index contributed by atoms with van der Waals surface area (Å²) in [5.74, 6) is 1.81. The van der Waals surface area contributed by atoms with Gasteiger partial charge in [-0.25, -0.2) is 0 Å². The summed E-state index contributed by atoms with van der Waals surface area (Å²) in [4.78, 5) is 25.3. The Bertz CT molecular complexity index is 801. The van der Waals surface area contributed by atoms with Crippen molar-refractivity contribution in [3.63, 3.8) is 0 Å². The van der Waals surface area contributed by atoms with E-state index < -0.39 is 5.56 Å². The van der Waals surface area contributed by atoms with Gasteiger partial charge in [0.2, 0.25) is 5.76 Å². The number of aromatic amines is 1. The van der Waals surface area contributed by atoms with E-state index in [-0.39, 0.29) is 17.7 Å². The van der Waals surface area contributed by atoms with Crippen LogP contribution in [0, 0.1) is 0 Å². The Morgan fingerprint density at radius 3 is 2.83 bits per heavy atom. The second-order valence-corrected chi connectivity index (χ2v) is 6.34. The number of hydrogen-bond donors (Lipinski definition) is 1. The smallest absolute Gasteiger partial charge is 0.292 e. The monoisotopic (exact) mass is 333 g/mol. The van der Waals surface area contributed by atoms with Gasteiger partial charge in [-0.1, -0.05) is 0 Å². The van der Waals surface area contributed by atoms with Gasteiger partial charge < -0.3 is 18.7 Å². The van der Waals surface area contributed by atoms with Crippen LogP contribution in [0.4, 0.5) is 0 Å². The minimum atomic E-state index is -0.423. The third kappa shape index (κ3) is 2.54. The summed E-state index contributed by atoms with van der Waals surface area (Å²) in [7, 11) is 0. The Kier molecular flexibility index (Phi) is 3.72. The second-order valence-electron chi connectivity index (χ2n) is 6.34. The highest BCUT2D eigenvalue weighted by Gasteiger charge is 2.33. The highest BCUT2D eigenvalue weighted by molar-refractivity contribution is 5.91. The number of carbonyl (C=O) groups is 1. The van der Waals surface area contributed by atoms with Crippen LogP contribution in [0.1, 0.15) is 53.9 Å². The molecule has 0 aromatic carbocycles. The Balaban J connectivity index is 1.58. The number of nitrogens with one attached hydrogen (secondary N) is 1. The first kappa shape index (κ1) is 15.1. The van der Waals surface area contributed by atoms with E-state index in [1.807, 2.05) is 6.92 Å². The van der Waals surface area contributed by atoms with Gasteiger partial charge in [-0.3, -0.25) is 9.59 Å². The van der Waals surface area contributed by atoms with Crippen molar-refractivity contribution in [2.45, 2.75) is 38.3 Å². The zero-order valence-electron chi connectivity index (χ0n) is 13.4. The first-order chi connectivity index (χ1) is 11.6. The highest BCUT2D eigenvalue weighted by Crippen LogP contribution is 2.31. The summed E-state index contributed by atoms with van der Waals surface area (Å²) in [6.07, 6.45) is 1.89. The molecule has 128 valence electrons. The molecule has 9 nitrogen and oxygen atoms in total. The van der Waals surface area contributed by atoms with Crippen molar-refractivity contribution in [2.24, 2.45) is 0 Å². The van der Waals surface area contributed by atoms with E-state index in [4.69, 9.17) is 9.26 Å². The molecule has 2 aliphatic rings. The number of fused-ring (bicyclic) bond motifs is 1. The second kappa shape index (κ2) is 5.90. The van der Waals surface area contributed by atoms with E-state index in [0.29, 0.717) is 19.0 Å². The average Bonchev–Trinajstić information content (AvgIpc) is 3.21. The van der Waals surface area contributed by atoms with Crippen LogP contribution in [-0.4, -0.2) is 50.5 Å². The molecule has 9 heteroatoms. The Morgan fingerprint density at radius 2 is 2.12 bits per heavy atom. The number of ether oxygens (including phenoxy) is 1. The number of carbonyl (C=O) groups excluding carboxylic acids is 1. The molecular formula is C15H19N5O4. The van der Waals surface area contributed by atoms with Gasteiger partial charge in [0.1, 0.15) is 5.82 Å². The molecule has 0 bridgehead atoms. The maximum absolute atomic E-state index is 12.5. The van der Waals surface area contributed by atoms with Crippen molar-refractivity contribution >= 4 is 5.91 Å². The van der Waals surface area contributed by atoms with Crippen molar-refractivity contribution in [1.29, 1.82) is 0 Å². The molecule has 4 rings (SSSR count). The zero-order valence-corrected chi connectivity index (χ0v) is 13.4. The molecule has 0 saturated carbocycles. The number of hydrogen-bond acceptors (Lipinski definition) is 6. The molecule has 2 aromatic heterocycles. The molecule has 0 spiro atoms. The van der Waals surface area contributed by atoms with E-state index in [1.54, 1.807) is 4.90 Å². The van der Waals surface area contributed by atoms with Crippen LogP contribution in [0.2, 0.25) is 0 Å². The third-order valence-corrected chi connectivity index (χ3v) is 4.66. The van der Waals surface area contributed by atoms with E-state index in [1.165, 1.54) is 6.07 Å². The standard InChI is InChI=1S/C15H19N5O4/c1-9-7-19(15(22)11-6-13(21)18-24-11)8-12-16-17-14(20(9)12)10-2-4-23-5-3-10/h6,9-10H,2-5,7-8H2,1H3,(H,18,21)/t9-/m0/s1. The third-order valence-electron chi connectivity index (χ3n) is 4.66. The van der Waals surface area contributed by atoms with Gasteiger partial charge in [-0.05, 0) is 19.8 Å². The van der Waals surface area contributed by atoms with Crippen LogP contribution < -0.4 is 5.56 Å².